The summed E-state index contributed by atoms with van der Waals surface area (Å²) in [6.07, 6.45) is 0. The number of para-hydroxylation sites is 1. The number of azo groups is 1. The number of fused-ring (bicyclic) bond motifs is 3. The van der Waals surface area contributed by atoms with Gasteiger partial charge in [0.1, 0.15) is 16.3 Å². The standard InChI is InChI=1S/C22H16N3O10PS2/c26-16-10-13(37(30,31)32)7-11-8-19(38(33,34)35)21(22(27)20(11)16)25-24-12-5-6-15-18(9-12)36(28,29)17-4-2-1-3-14(17)23-15/h1-10,23,26-27H,(H,28,29)(H,30,31,32)(H,33,34,35). The molecule has 0 bridgehead atoms. The summed E-state index contributed by atoms with van der Waals surface area (Å²) in [5.41, 5.74) is -0.0366. The van der Waals surface area contributed by atoms with E-state index >= 15 is 0 Å². The third-order valence-corrected chi connectivity index (χ3v) is 9.52. The topological polar surface area (TPSA) is 223 Å². The van der Waals surface area contributed by atoms with Gasteiger partial charge in [0, 0.05) is 6.07 Å². The van der Waals surface area contributed by atoms with Crippen LogP contribution in [0.2, 0.25) is 0 Å². The lowest BCUT2D eigenvalue weighted by atomic mass is 10.1. The van der Waals surface area contributed by atoms with Gasteiger partial charge in [-0.25, -0.2) is 0 Å². The molecule has 0 aromatic heterocycles. The van der Waals surface area contributed by atoms with Crippen molar-refractivity contribution in [1.82, 2.24) is 0 Å². The van der Waals surface area contributed by atoms with Gasteiger partial charge in [0.2, 0.25) is 0 Å². The van der Waals surface area contributed by atoms with Crippen LogP contribution < -0.4 is 15.9 Å². The number of phenols is 2. The highest BCUT2D eigenvalue weighted by molar-refractivity contribution is 7.86. The van der Waals surface area contributed by atoms with Gasteiger partial charge in [0.05, 0.1) is 38.0 Å². The van der Waals surface area contributed by atoms with Crippen molar-refractivity contribution in [3.63, 3.8) is 0 Å². The number of phenolic OH excluding ortho intramolecular Hbond substituents is 2. The van der Waals surface area contributed by atoms with Crippen LogP contribution in [-0.4, -0.2) is 41.0 Å². The van der Waals surface area contributed by atoms with Crippen LogP contribution in [0.3, 0.4) is 0 Å². The smallest absolute Gasteiger partial charge is 0.296 e. The van der Waals surface area contributed by atoms with Crippen LogP contribution in [0.4, 0.5) is 22.7 Å². The third-order valence-electron chi connectivity index (χ3n) is 5.75. The average Bonchev–Trinajstić information content (AvgIpc) is 2.82. The summed E-state index contributed by atoms with van der Waals surface area (Å²) in [7, 11) is -13.9. The molecular weight excluding hydrogens is 561 g/mol. The molecule has 0 saturated heterocycles. The number of nitrogens with one attached hydrogen (secondary N) is 1. The number of nitrogens with zero attached hydrogens (tertiary/aromatic N) is 2. The van der Waals surface area contributed by atoms with Gasteiger partial charge in [0.25, 0.3) is 27.6 Å². The van der Waals surface area contributed by atoms with Gasteiger partial charge in [0.15, 0.2) is 5.75 Å². The van der Waals surface area contributed by atoms with Crippen LogP contribution in [0.5, 0.6) is 11.5 Å². The van der Waals surface area contributed by atoms with Crippen LogP contribution in [0, 0.1) is 0 Å². The third kappa shape index (κ3) is 4.30. The summed E-state index contributed by atoms with van der Waals surface area (Å²) in [5.74, 6) is -1.81. The summed E-state index contributed by atoms with van der Waals surface area (Å²) in [6.45, 7) is 0. The Kier molecular flexibility index (Phi) is 5.83. The van der Waals surface area contributed by atoms with Crippen molar-refractivity contribution in [2.24, 2.45) is 10.2 Å². The van der Waals surface area contributed by atoms with Crippen LogP contribution in [0.1, 0.15) is 0 Å². The molecule has 0 saturated carbocycles. The van der Waals surface area contributed by atoms with E-state index in [9.17, 15) is 45.6 Å². The van der Waals surface area contributed by atoms with Crippen molar-refractivity contribution in [3.05, 3.63) is 60.7 Å². The first-order chi connectivity index (χ1) is 17.7. The molecule has 0 fully saturated rings. The first kappa shape index (κ1) is 25.8. The number of rotatable bonds is 4. The molecule has 0 aliphatic carbocycles. The van der Waals surface area contributed by atoms with Crippen LogP contribution in [0.25, 0.3) is 10.8 Å². The van der Waals surface area contributed by atoms with Crippen molar-refractivity contribution in [2.75, 3.05) is 5.32 Å². The predicted octanol–water partition coefficient (Wildman–Crippen LogP) is 3.44. The summed E-state index contributed by atoms with van der Waals surface area (Å²) in [5, 5.41) is 31.0. The fourth-order valence-corrected chi connectivity index (χ4v) is 7.01. The van der Waals surface area contributed by atoms with E-state index in [0.717, 1.165) is 12.1 Å². The quantitative estimate of drug-likeness (QED) is 0.117. The Bertz CT molecular complexity index is 1980. The largest absolute Gasteiger partial charge is 0.507 e. The zero-order valence-corrected chi connectivity index (χ0v) is 21.2. The minimum absolute atomic E-state index is 0.000716. The molecule has 0 spiro atoms. The Morgan fingerprint density at radius 1 is 0.789 bits per heavy atom. The summed E-state index contributed by atoms with van der Waals surface area (Å²) in [6, 6.07) is 12.6. The molecule has 1 atom stereocenters. The lowest BCUT2D eigenvalue weighted by molar-refractivity contribution is 0.457. The summed E-state index contributed by atoms with van der Waals surface area (Å²) >= 11 is 0. The number of aromatic hydroxyl groups is 2. The first-order valence-electron chi connectivity index (χ1n) is 10.4. The second-order valence-electron chi connectivity index (χ2n) is 8.18. The molecule has 4 aromatic carbocycles. The molecule has 5 rings (SSSR count). The fraction of sp³-hybridized carbons (Fsp3) is 0. The van der Waals surface area contributed by atoms with Crippen molar-refractivity contribution >= 4 is 71.7 Å². The van der Waals surface area contributed by atoms with Gasteiger partial charge in [-0.2, -0.15) is 21.9 Å². The maximum absolute atomic E-state index is 13.2. The van der Waals surface area contributed by atoms with Crippen molar-refractivity contribution < 1.29 is 45.6 Å². The Hall–Kier alpha value is -3.85. The molecule has 6 N–H and O–H groups in total. The minimum Gasteiger partial charge on any atom is -0.507 e. The van der Waals surface area contributed by atoms with E-state index in [-0.39, 0.29) is 21.7 Å². The van der Waals surface area contributed by atoms with Crippen molar-refractivity contribution in [1.29, 1.82) is 0 Å². The Balaban J connectivity index is 1.66. The first-order valence-corrected chi connectivity index (χ1v) is 15.0. The molecule has 1 heterocycles. The number of anilines is 2. The van der Waals surface area contributed by atoms with Crippen molar-refractivity contribution in [3.8, 4) is 11.5 Å². The van der Waals surface area contributed by atoms with Gasteiger partial charge >= 0.3 is 0 Å². The number of hydrogen-bond donors (Lipinski definition) is 6. The molecule has 196 valence electrons. The number of benzene rings is 4. The Morgan fingerprint density at radius 3 is 2.16 bits per heavy atom. The molecule has 0 amide bonds. The van der Waals surface area contributed by atoms with Gasteiger partial charge in [-0.3, -0.25) is 13.7 Å². The van der Waals surface area contributed by atoms with Gasteiger partial charge in [-0.15, -0.1) is 5.11 Å². The second kappa shape index (κ2) is 8.59. The lowest BCUT2D eigenvalue weighted by Crippen LogP contribution is -2.26. The normalized spacial score (nSPS) is 17.2. The van der Waals surface area contributed by atoms with Gasteiger partial charge < -0.3 is 20.4 Å². The highest BCUT2D eigenvalue weighted by Gasteiger charge is 2.34. The summed E-state index contributed by atoms with van der Waals surface area (Å²) in [4.78, 5) is 9.03. The van der Waals surface area contributed by atoms with E-state index in [1.54, 1.807) is 18.2 Å². The molecule has 1 aliphatic rings. The zero-order chi connectivity index (χ0) is 27.6. The fourth-order valence-electron chi connectivity index (χ4n) is 4.05. The minimum atomic E-state index is -5.08. The summed E-state index contributed by atoms with van der Waals surface area (Å²) < 4.78 is 79.3. The highest BCUT2D eigenvalue weighted by atomic mass is 32.2. The van der Waals surface area contributed by atoms with Crippen molar-refractivity contribution in [2.45, 2.75) is 9.79 Å². The van der Waals surface area contributed by atoms with E-state index in [2.05, 4.69) is 15.5 Å². The second-order valence-corrected chi connectivity index (χ2v) is 13.1. The van der Waals surface area contributed by atoms with E-state index < -0.39 is 60.0 Å². The molecular formula is C22H16N3O10PS2. The molecule has 13 nitrogen and oxygen atoms in total. The molecule has 1 unspecified atom stereocenters. The zero-order valence-electron chi connectivity index (χ0n) is 18.7. The van der Waals surface area contributed by atoms with E-state index in [4.69, 9.17) is 0 Å². The van der Waals surface area contributed by atoms with E-state index in [0.29, 0.717) is 17.4 Å². The maximum atomic E-state index is 13.2. The van der Waals surface area contributed by atoms with Crippen LogP contribution in [0.15, 0.2) is 80.7 Å². The highest BCUT2D eigenvalue weighted by Crippen LogP contribution is 2.48. The molecule has 4 aromatic rings. The Morgan fingerprint density at radius 2 is 1.47 bits per heavy atom. The van der Waals surface area contributed by atoms with E-state index in [1.165, 1.54) is 24.3 Å². The molecule has 1 aliphatic heterocycles. The SMILES string of the molecule is O=P1(O)c2ccccc2Nc2ccc(N=Nc3c(S(=O)(=O)O)cc4cc(S(=O)(=O)O)cc(O)c4c3O)cc21. The van der Waals surface area contributed by atoms with Gasteiger partial charge in [-0.05, 0) is 47.9 Å². The van der Waals surface area contributed by atoms with E-state index in [1.807, 2.05) is 0 Å². The lowest BCUT2D eigenvalue weighted by Gasteiger charge is -2.25. The molecule has 16 heteroatoms. The monoisotopic (exact) mass is 577 g/mol. The molecule has 38 heavy (non-hydrogen) atoms. The number of hydrogen-bond acceptors (Lipinski definition) is 10. The maximum Gasteiger partial charge on any atom is 0.296 e. The average molecular weight is 577 g/mol. The van der Waals surface area contributed by atoms with Crippen LogP contribution >= 0.6 is 7.37 Å². The predicted molar refractivity (Wildman–Crippen MR) is 136 cm³/mol. The van der Waals surface area contributed by atoms with Crippen LogP contribution in [-0.2, 0) is 24.8 Å². The van der Waals surface area contributed by atoms with Gasteiger partial charge in [-0.1, -0.05) is 12.1 Å². The molecule has 0 radical (unpaired) electrons. The Labute approximate surface area is 214 Å².